The van der Waals surface area contributed by atoms with Crippen LogP contribution in [0.1, 0.15) is 22.8 Å². The molecule has 20 heavy (non-hydrogen) atoms. The van der Waals surface area contributed by atoms with E-state index in [4.69, 9.17) is 5.73 Å². The van der Waals surface area contributed by atoms with Gasteiger partial charge in [-0.15, -0.1) is 0 Å². The molecule has 0 aromatic heterocycles. The Morgan fingerprint density at radius 1 is 1.20 bits per heavy atom. The molecule has 3 nitrogen and oxygen atoms in total. The fourth-order valence-corrected chi connectivity index (χ4v) is 1.88. The zero-order valence-corrected chi connectivity index (χ0v) is 11.1. The van der Waals surface area contributed by atoms with Crippen molar-refractivity contribution in [3.05, 3.63) is 53.1 Å². The zero-order chi connectivity index (χ0) is 14.9. The van der Waals surface area contributed by atoms with E-state index in [2.05, 4.69) is 5.32 Å². The Hall–Kier alpha value is -2.43. The van der Waals surface area contributed by atoms with Crippen LogP contribution < -0.4 is 11.1 Å². The molecule has 0 radical (unpaired) electrons. The molecular weight excluding hydrogens is 262 g/mol. The molecule has 0 amide bonds. The number of benzene rings is 2. The van der Waals surface area contributed by atoms with E-state index in [-0.39, 0.29) is 17.2 Å². The number of nitrogens with two attached hydrogens (primary N) is 1. The topological polar surface area (TPSA) is 55.1 Å². The molecule has 104 valence electrons. The highest BCUT2D eigenvalue weighted by Crippen LogP contribution is 2.27. The molecule has 5 heteroatoms. The van der Waals surface area contributed by atoms with Crippen molar-refractivity contribution in [3.63, 3.8) is 0 Å². The summed E-state index contributed by atoms with van der Waals surface area (Å²) in [5, 5.41) is 2.65. The first kappa shape index (κ1) is 14.0. The second kappa shape index (κ2) is 5.28. The molecule has 0 saturated heterocycles. The van der Waals surface area contributed by atoms with E-state index in [1.165, 1.54) is 31.2 Å². The normalized spacial score (nSPS) is 10.4. The summed E-state index contributed by atoms with van der Waals surface area (Å²) in [5.74, 6) is -1.51. The lowest BCUT2D eigenvalue weighted by Crippen LogP contribution is -2.03. The van der Waals surface area contributed by atoms with Gasteiger partial charge in [0, 0.05) is 16.9 Å². The molecule has 0 saturated carbocycles. The minimum absolute atomic E-state index is 0.165. The largest absolute Gasteiger partial charge is 0.398 e. The third kappa shape index (κ3) is 2.61. The van der Waals surface area contributed by atoms with Crippen molar-refractivity contribution in [2.75, 3.05) is 11.1 Å². The summed E-state index contributed by atoms with van der Waals surface area (Å²) in [7, 11) is 0. The van der Waals surface area contributed by atoms with Gasteiger partial charge in [-0.05, 0) is 43.7 Å². The van der Waals surface area contributed by atoms with Crippen LogP contribution in [0.5, 0.6) is 0 Å². The highest BCUT2D eigenvalue weighted by molar-refractivity contribution is 5.99. The maximum Gasteiger partial charge on any atom is 0.161 e. The predicted octanol–water partition coefficient (Wildman–Crippen LogP) is 3.80. The summed E-state index contributed by atoms with van der Waals surface area (Å²) in [4.78, 5) is 11.3. The second-order valence-corrected chi connectivity index (χ2v) is 4.54. The molecule has 0 unspecified atom stereocenters. The molecule has 3 N–H and O–H groups in total. The van der Waals surface area contributed by atoms with Crippen LogP contribution in [-0.4, -0.2) is 5.78 Å². The van der Waals surface area contributed by atoms with Crippen LogP contribution in [0.4, 0.5) is 25.8 Å². The average molecular weight is 276 g/mol. The Kier molecular flexibility index (Phi) is 3.70. The third-order valence-electron chi connectivity index (χ3n) is 2.98. The molecule has 0 aliphatic heterocycles. The molecule has 0 aliphatic rings. The number of carbonyl (C=O) groups excluding carboxylic acids is 1. The molecular formula is C15H14F2N2O. The quantitative estimate of drug-likeness (QED) is 0.662. The average Bonchev–Trinajstić information content (AvgIpc) is 2.39. The van der Waals surface area contributed by atoms with Gasteiger partial charge in [-0.25, -0.2) is 8.78 Å². The number of hydrogen-bond donors (Lipinski definition) is 2. The number of nitrogen functional groups attached to an aromatic ring is 1. The lowest BCUT2D eigenvalue weighted by molar-refractivity contribution is 0.101. The van der Waals surface area contributed by atoms with E-state index in [0.29, 0.717) is 16.8 Å². The first-order valence-electron chi connectivity index (χ1n) is 6.02. The fourth-order valence-electron chi connectivity index (χ4n) is 1.88. The van der Waals surface area contributed by atoms with Crippen molar-refractivity contribution in [1.29, 1.82) is 0 Å². The number of rotatable bonds is 3. The van der Waals surface area contributed by atoms with Gasteiger partial charge in [-0.3, -0.25) is 4.79 Å². The van der Waals surface area contributed by atoms with Gasteiger partial charge in [-0.2, -0.15) is 0 Å². The Bertz CT molecular complexity index is 684. The minimum atomic E-state index is -0.692. The molecule has 0 bridgehead atoms. The monoisotopic (exact) mass is 276 g/mol. The van der Waals surface area contributed by atoms with E-state index in [1.807, 2.05) is 0 Å². The Balaban J connectivity index is 2.39. The van der Waals surface area contributed by atoms with Gasteiger partial charge in [-0.1, -0.05) is 6.07 Å². The standard InChI is InChI=1S/C15H14F2N2O/c1-8-3-6-12(16)15(14(8)17)19-10-4-5-11(9(2)20)13(18)7-10/h3-7,19H,18H2,1-2H3. The molecule has 2 rings (SSSR count). The van der Waals surface area contributed by atoms with Crippen LogP contribution in [0.3, 0.4) is 0 Å². The van der Waals surface area contributed by atoms with Crippen molar-refractivity contribution in [3.8, 4) is 0 Å². The van der Waals surface area contributed by atoms with Gasteiger partial charge >= 0.3 is 0 Å². The molecule has 0 spiro atoms. The maximum atomic E-state index is 13.9. The minimum Gasteiger partial charge on any atom is -0.398 e. The first-order chi connectivity index (χ1) is 9.40. The van der Waals surface area contributed by atoms with Crippen molar-refractivity contribution in [2.24, 2.45) is 0 Å². The van der Waals surface area contributed by atoms with Crippen LogP contribution in [-0.2, 0) is 0 Å². The van der Waals surface area contributed by atoms with Gasteiger partial charge in [0.2, 0.25) is 0 Å². The number of anilines is 3. The van der Waals surface area contributed by atoms with Crippen molar-refractivity contribution >= 4 is 22.8 Å². The predicted molar refractivity (Wildman–Crippen MR) is 75.2 cm³/mol. The Labute approximate surface area is 115 Å². The van der Waals surface area contributed by atoms with Crippen LogP contribution in [0.15, 0.2) is 30.3 Å². The highest BCUT2D eigenvalue weighted by Gasteiger charge is 2.12. The zero-order valence-electron chi connectivity index (χ0n) is 11.1. The molecule has 2 aromatic rings. The summed E-state index contributed by atoms with van der Waals surface area (Å²) >= 11 is 0. The van der Waals surface area contributed by atoms with Gasteiger partial charge in [0.1, 0.15) is 11.5 Å². The van der Waals surface area contributed by atoms with E-state index in [0.717, 1.165) is 0 Å². The molecule has 0 heterocycles. The SMILES string of the molecule is CC(=O)c1ccc(Nc2c(F)ccc(C)c2F)cc1N. The van der Waals surface area contributed by atoms with Crippen LogP contribution in [0.25, 0.3) is 0 Å². The van der Waals surface area contributed by atoms with Gasteiger partial charge in [0.05, 0.1) is 0 Å². The maximum absolute atomic E-state index is 13.9. The smallest absolute Gasteiger partial charge is 0.161 e. The summed E-state index contributed by atoms with van der Waals surface area (Å²) < 4.78 is 27.5. The molecule has 0 fully saturated rings. The molecule has 0 aliphatic carbocycles. The summed E-state index contributed by atoms with van der Waals surface area (Å²) in [6.07, 6.45) is 0. The van der Waals surface area contributed by atoms with Gasteiger partial charge in [0.25, 0.3) is 0 Å². The van der Waals surface area contributed by atoms with Crippen LogP contribution >= 0.6 is 0 Å². The number of aryl methyl sites for hydroxylation is 1. The van der Waals surface area contributed by atoms with Crippen LogP contribution in [0, 0.1) is 18.6 Å². The lowest BCUT2D eigenvalue weighted by Gasteiger charge is -2.12. The van der Waals surface area contributed by atoms with Crippen LogP contribution in [0.2, 0.25) is 0 Å². The number of nitrogens with one attached hydrogen (secondary N) is 1. The molecule has 2 aromatic carbocycles. The fraction of sp³-hybridized carbons (Fsp3) is 0.133. The summed E-state index contributed by atoms with van der Waals surface area (Å²) in [6.45, 7) is 2.95. The van der Waals surface area contributed by atoms with Crippen molar-refractivity contribution in [1.82, 2.24) is 0 Å². The second-order valence-electron chi connectivity index (χ2n) is 4.54. The Morgan fingerprint density at radius 2 is 1.90 bits per heavy atom. The number of halogens is 2. The third-order valence-corrected chi connectivity index (χ3v) is 2.98. The van der Waals surface area contributed by atoms with Crippen molar-refractivity contribution < 1.29 is 13.6 Å². The number of hydrogen-bond acceptors (Lipinski definition) is 3. The summed E-state index contributed by atoms with van der Waals surface area (Å²) in [6, 6.07) is 7.09. The number of ketones is 1. The molecule has 0 atom stereocenters. The first-order valence-corrected chi connectivity index (χ1v) is 6.02. The van der Waals surface area contributed by atoms with E-state index < -0.39 is 11.6 Å². The Morgan fingerprint density at radius 3 is 2.50 bits per heavy atom. The van der Waals surface area contributed by atoms with Gasteiger partial charge in [0.15, 0.2) is 11.6 Å². The van der Waals surface area contributed by atoms with E-state index in [1.54, 1.807) is 13.0 Å². The number of carbonyl (C=O) groups is 1. The summed E-state index contributed by atoms with van der Waals surface area (Å²) in [5.41, 5.74) is 6.88. The lowest BCUT2D eigenvalue weighted by atomic mass is 10.1. The number of Topliss-reactive ketones (excluding diaryl/α,β-unsaturated/α-hetero) is 1. The van der Waals surface area contributed by atoms with Gasteiger partial charge < -0.3 is 11.1 Å². The van der Waals surface area contributed by atoms with E-state index in [9.17, 15) is 13.6 Å². The van der Waals surface area contributed by atoms with Crippen molar-refractivity contribution in [2.45, 2.75) is 13.8 Å². The van der Waals surface area contributed by atoms with E-state index >= 15 is 0 Å². The highest BCUT2D eigenvalue weighted by atomic mass is 19.1.